The van der Waals surface area contributed by atoms with E-state index in [-0.39, 0.29) is 5.82 Å². The Kier molecular flexibility index (Phi) is 3.19. The number of rotatable bonds is 2. The average molecular weight is 241 g/mol. The van der Waals surface area contributed by atoms with Crippen molar-refractivity contribution >= 4 is 11.3 Å². The fraction of sp³-hybridized carbons (Fsp3) is 0.125. The maximum absolute atomic E-state index is 13.8. The Hall–Kier alpha value is -2.09. The maximum Gasteiger partial charge on any atom is 0.131 e. The largest absolute Gasteiger partial charge is 0.399 e. The second-order valence-electron chi connectivity index (χ2n) is 4.48. The van der Waals surface area contributed by atoms with Crippen molar-refractivity contribution in [3.8, 4) is 0 Å². The zero-order chi connectivity index (χ0) is 13.3. The Morgan fingerprint density at radius 1 is 1.06 bits per heavy atom. The smallest absolute Gasteiger partial charge is 0.131 e. The van der Waals surface area contributed by atoms with Crippen LogP contribution < -0.4 is 5.73 Å². The van der Waals surface area contributed by atoms with Crippen LogP contribution in [0.2, 0.25) is 0 Å². The molecule has 0 aliphatic heterocycles. The van der Waals surface area contributed by atoms with Crippen molar-refractivity contribution in [2.24, 2.45) is 0 Å². The van der Waals surface area contributed by atoms with E-state index in [1.807, 2.05) is 32.0 Å². The molecule has 2 rings (SSSR count). The van der Waals surface area contributed by atoms with Gasteiger partial charge in [-0.05, 0) is 54.3 Å². The molecule has 18 heavy (non-hydrogen) atoms. The highest BCUT2D eigenvalue weighted by atomic mass is 19.1. The predicted octanol–water partition coefficient (Wildman–Crippen LogP) is 4.09. The predicted molar refractivity (Wildman–Crippen MR) is 74.9 cm³/mol. The van der Waals surface area contributed by atoms with Crippen molar-refractivity contribution in [3.05, 3.63) is 71.0 Å². The molecule has 0 saturated carbocycles. The molecule has 2 aromatic rings. The van der Waals surface area contributed by atoms with Gasteiger partial charge in [-0.15, -0.1) is 0 Å². The van der Waals surface area contributed by atoms with Gasteiger partial charge in [-0.25, -0.2) is 4.39 Å². The summed E-state index contributed by atoms with van der Waals surface area (Å²) in [6.45, 7) is 7.90. The zero-order valence-corrected chi connectivity index (χ0v) is 10.6. The van der Waals surface area contributed by atoms with Crippen LogP contribution in [0.25, 0.3) is 5.57 Å². The third kappa shape index (κ3) is 2.14. The van der Waals surface area contributed by atoms with E-state index in [9.17, 15) is 4.39 Å². The van der Waals surface area contributed by atoms with Gasteiger partial charge in [-0.3, -0.25) is 0 Å². The lowest BCUT2D eigenvalue weighted by molar-refractivity contribution is 0.624. The normalized spacial score (nSPS) is 10.4. The molecule has 0 heterocycles. The summed E-state index contributed by atoms with van der Waals surface area (Å²) in [5, 5.41) is 0. The highest BCUT2D eigenvalue weighted by Gasteiger charge is 2.11. The standard InChI is InChI=1S/C16H16FN/c1-10-9-16(18)11(2)8-14(10)12(3)13-6-4-5-7-15(13)17/h4-9H,3,18H2,1-2H3. The number of hydrogen-bond acceptors (Lipinski definition) is 1. The molecule has 0 radical (unpaired) electrons. The van der Waals surface area contributed by atoms with Crippen LogP contribution in [0.15, 0.2) is 43.0 Å². The molecule has 0 spiro atoms. The molecule has 2 aromatic carbocycles. The highest BCUT2D eigenvalue weighted by Crippen LogP contribution is 2.29. The van der Waals surface area contributed by atoms with Crippen LogP contribution in [0.4, 0.5) is 10.1 Å². The Morgan fingerprint density at radius 3 is 2.39 bits per heavy atom. The quantitative estimate of drug-likeness (QED) is 0.787. The van der Waals surface area contributed by atoms with Gasteiger partial charge in [0.25, 0.3) is 0 Å². The molecule has 0 unspecified atom stereocenters. The first-order chi connectivity index (χ1) is 8.50. The summed E-state index contributed by atoms with van der Waals surface area (Å²) in [6.07, 6.45) is 0. The molecular weight excluding hydrogens is 225 g/mol. The van der Waals surface area contributed by atoms with Crippen molar-refractivity contribution in [2.45, 2.75) is 13.8 Å². The fourth-order valence-corrected chi connectivity index (χ4v) is 2.01. The van der Waals surface area contributed by atoms with Crippen LogP contribution in [0.3, 0.4) is 0 Å². The van der Waals surface area contributed by atoms with Crippen molar-refractivity contribution in [1.82, 2.24) is 0 Å². The minimum atomic E-state index is -0.253. The summed E-state index contributed by atoms with van der Waals surface area (Å²) in [7, 11) is 0. The molecule has 0 bridgehead atoms. The second kappa shape index (κ2) is 4.65. The molecule has 92 valence electrons. The van der Waals surface area contributed by atoms with Crippen LogP contribution in [-0.4, -0.2) is 0 Å². The molecule has 2 heteroatoms. The first kappa shape index (κ1) is 12.4. The summed E-state index contributed by atoms with van der Waals surface area (Å²) in [5.74, 6) is -0.253. The molecular formula is C16H16FN. The Balaban J connectivity index is 2.53. The average Bonchev–Trinajstić information content (AvgIpc) is 2.33. The van der Waals surface area contributed by atoms with Crippen molar-refractivity contribution in [2.75, 3.05) is 5.73 Å². The molecule has 0 saturated heterocycles. The summed E-state index contributed by atoms with van der Waals surface area (Å²) < 4.78 is 13.8. The van der Waals surface area contributed by atoms with Gasteiger partial charge in [-0.1, -0.05) is 24.8 Å². The van der Waals surface area contributed by atoms with Gasteiger partial charge in [-0.2, -0.15) is 0 Å². The molecule has 2 N–H and O–H groups in total. The first-order valence-corrected chi connectivity index (χ1v) is 5.81. The number of nitrogens with two attached hydrogens (primary N) is 1. The molecule has 0 atom stereocenters. The minimum absolute atomic E-state index is 0.253. The Labute approximate surface area is 107 Å². The van der Waals surface area contributed by atoms with Crippen molar-refractivity contribution in [3.63, 3.8) is 0 Å². The number of halogens is 1. The number of hydrogen-bond donors (Lipinski definition) is 1. The molecule has 0 fully saturated rings. The topological polar surface area (TPSA) is 26.0 Å². The van der Waals surface area contributed by atoms with Gasteiger partial charge in [0, 0.05) is 11.3 Å². The molecule has 0 aliphatic carbocycles. The highest BCUT2D eigenvalue weighted by molar-refractivity contribution is 5.81. The lowest BCUT2D eigenvalue weighted by Gasteiger charge is -2.13. The number of benzene rings is 2. The molecule has 0 amide bonds. The van der Waals surface area contributed by atoms with Crippen molar-refractivity contribution < 1.29 is 4.39 Å². The Bertz CT molecular complexity index is 614. The third-order valence-corrected chi connectivity index (χ3v) is 3.14. The van der Waals surface area contributed by atoms with Gasteiger partial charge in [0.1, 0.15) is 5.82 Å². The van der Waals surface area contributed by atoms with E-state index in [2.05, 4.69) is 6.58 Å². The van der Waals surface area contributed by atoms with Crippen molar-refractivity contribution in [1.29, 1.82) is 0 Å². The van der Waals surface area contributed by atoms with Gasteiger partial charge < -0.3 is 5.73 Å². The zero-order valence-electron chi connectivity index (χ0n) is 10.6. The van der Waals surface area contributed by atoms with E-state index >= 15 is 0 Å². The first-order valence-electron chi connectivity index (χ1n) is 5.81. The monoisotopic (exact) mass is 241 g/mol. The van der Waals surface area contributed by atoms with Crippen LogP contribution >= 0.6 is 0 Å². The van der Waals surface area contributed by atoms with Gasteiger partial charge in [0.2, 0.25) is 0 Å². The van der Waals surface area contributed by atoms with Crippen LogP contribution in [0, 0.1) is 19.7 Å². The summed E-state index contributed by atoms with van der Waals surface area (Å²) in [4.78, 5) is 0. The van der Waals surface area contributed by atoms with Crippen LogP contribution in [0.1, 0.15) is 22.3 Å². The summed E-state index contributed by atoms with van der Waals surface area (Å²) in [5.41, 5.74) is 10.7. The lowest BCUT2D eigenvalue weighted by Crippen LogP contribution is -1.97. The number of aryl methyl sites for hydroxylation is 2. The van der Waals surface area contributed by atoms with Gasteiger partial charge in [0.05, 0.1) is 0 Å². The van der Waals surface area contributed by atoms with E-state index in [0.717, 1.165) is 22.4 Å². The van der Waals surface area contributed by atoms with E-state index < -0.39 is 0 Å². The van der Waals surface area contributed by atoms with Gasteiger partial charge in [0.15, 0.2) is 0 Å². The molecule has 0 aromatic heterocycles. The molecule has 1 nitrogen and oxygen atoms in total. The number of anilines is 1. The number of nitrogen functional groups attached to an aromatic ring is 1. The second-order valence-corrected chi connectivity index (χ2v) is 4.48. The maximum atomic E-state index is 13.8. The van der Waals surface area contributed by atoms with E-state index in [1.54, 1.807) is 12.1 Å². The molecule has 0 aliphatic rings. The van der Waals surface area contributed by atoms with E-state index in [0.29, 0.717) is 11.1 Å². The summed E-state index contributed by atoms with van der Waals surface area (Å²) in [6, 6.07) is 10.5. The fourth-order valence-electron chi connectivity index (χ4n) is 2.01. The SMILES string of the molecule is C=C(c1cc(C)c(N)cc1C)c1ccccc1F. The lowest BCUT2D eigenvalue weighted by atomic mass is 9.93. The minimum Gasteiger partial charge on any atom is -0.399 e. The Morgan fingerprint density at radius 2 is 1.72 bits per heavy atom. The van der Waals surface area contributed by atoms with E-state index in [1.165, 1.54) is 6.07 Å². The third-order valence-electron chi connectivity index (χ3n) is 3.14. The van der Waals surface area contributed by atoms with Gasteiger partial charge >= 0.3 is 0 Å². The van der Waals surface area contributed by atoms with Crippen LogP contribution in [0.5, 0.6) is 0 Å². The summed E-state index contributed by atoms with van der Waals surface area (Å²) >= 11 is 0. The van der Waals surface area contributed by atoms with Crippen LogP contribution in [-0.2, 0) is 0 Å². The van der Waals surface area contributed by atoms with E-state index in [4.69, 9.17) is 5.73 Å².